The van der Waals surface area contributed by atoms with E-state index in [1.54, 1.807) is 0 Å². The third kappa shape index (κ3) is 4.31. The number of hydrogen-bond donors (Lipinski definition) is 0. The van der Waals surface area contributed by atoms with Crippen LogP contribution in [-0.2, 0) is 19.4 Å². The van der Waals surface area contributed by atoms with Crippen LogP contribution in [0, 0.1) is 0 Å². The largest absolute Gasteiger partial charge is 0.462 e. The summed E-state index contributed by atoms with van der Waals surface area (Å²) in [5.74, 6) is 0.356. The Bertz CT molecular complexity index is 1140. The Hall–Kier alpha value is -2.66. The number of benzene rings is 2. The minimum atomic E-state index is 0.356. The van der Waals surface area contributed by atoms with Crippen LogP contribution >= 0.6 is 0 Å². The summed E-state index contributed by atoms with van der Waals surface area (Å²) in [7, 11) is 2.18. The van der Waals surface area contributed by atoms with Gasteiger partial charge in [-0.2, -0.15) is 9.97 Å². The quantitative estimate of drug-likeness (QED) is 0.513. The molecule has 0 unspecified atom stereocenters. The van der Waals surface area contributed by atoms with Crippen molar-refractivity contribution in [2.24, 2.45) is 0 Å². The Labute approximate surface area is 197 Å². The molecule has 0 N–H and O–H groups in total. The van der Waals surface area contributed by atoms with Crippen molar-refractivity contribution < 1.29 is 4.74 Å². The van der Waals surface area contributed by atoms with Crippen molar-refractivity contribution in [1.29, 1.82) is 0 Å². The Morgan fingerprint density at radius 2 is 1.91 bits per heavy atom. The first-order valence-corrected chi connectivity index (χ1v) is 12.5. The molecule has 0 radical (unpaired) electrons. The van der Waals surface area contributed by atoms with E-state index in [0.717, 1.165) is 43.9 Å². The summed E-state index contributed by atoms with van der Waals surface area (Å²) in [6, 6.07) is 14.3. The van der Waals surface area contributed by atoms with E-state index in [-0.39, 0.29) is 0 Å². The zero-order valence-electron chi connectivity index (χ0n) is 20.5. The number of nitrogens with zero attached hydrogens (tertiary/aromatic N) is 4. The van der Waals surface area contributed by atoms with E-state index in [2.05, 4.69) is 74.0 Å². The molecule has 174 valence electrons. The average molecular weight is 445 g/mol. The molecule has 0 bridgehead atoms. The number of likely N-dealkylation sites (N-methyl/N-ethyl adjacent to an activating group) is 1. The van der Waals surface area contributed by atoms with Gasteiger partial charge in [-0.25, -0.2) is 0 Å². The molecule has 0 amide bonds. The van der Waals surface area contributed by atoms with Crippen molar-refractivity contribution in [3.63, 3.8) is 0 Å². The fourth-order valence-electron chi connectivity index (χ4n) is 5.50. The van der Waals surface area contributed by atoms with Gasteiger partial charge in [0.05, 0.1) is 17.9 Å². The van der Waals surface area contributed by atoms with Crippen LogP contribution in [0.15, 0.2) is 36.4 Å². The molecule has 2 aliphatic rings. The van der Waals surface area contributed by atoms with Gasteiger partial charge in [-0.3, -0.25) is 0 Å². The standard InChI is InChI=1S/C28H36N4O/c1-5-20-9-6-10-21-11-7-13-25(26(20)21)32-16-14-23-24(17-32)29-28(30-27(23)19(2)3)33-18-22-12-8-15-31(22)4/h6-7,9-11,13,19,22H,5,8,12,14-18H2,1-4H3/t22-/m0/s1. The van der Waals surface area contributed by atoms with Gasteiger partial charge < -0.3 is 14.5 Å². The smallest absolute Gasteiger partial charge is 0.316 e. The highest BCUT2D eigenvalue weighted by atomic mass is 16.5. The molecule has 1 saturated heterocycles. The normalized spacial score (nSPS) is 18.8. The SMILES string of the molecule is CCc1cccc2cccc(N3CCc4c(nc(OC[C@@H]5CCCN5C)nc4C(C)C)C3)c12. The lowest BCUT2D eigenvalue weighted by molar-refractivity contribution is 0.186. The third-order valence-corrected chi connectivity index (χ3v) is 7.39. The maximum absolute atomic E-state index is 6.18. The highest BCUT2D eigenvalue weighted by molar-refractivity contribution is 5.97. The predicted octanol–water partition coefficient (Wildman–Crippen LogP) is 5.35. The number of rotatable bonds is 6. The van der Waals surface area contributed by atoms with Gasteiger partial charge >= 0.3 is 6.01 Å². The van der Waals surface area contributed by atoms with Crippen molar-refractivity contribution in [2.75, 3.05) is 31.6 Å². The summed E-state index contributed by atoms with van der Waals surface area (Å²) >= 11 is 0. The lowest BCUT2D eigenvalue weighted by Gasteiger charge is -2.33. The number of anilines is 1. The summed E-state index contributed by atoms with van der Waals surface area (Å²) in [5.41, 5.74) is 6.32. The summed E-state index contributed by atoms with van der Waals surface area (Å²) in [4.78, 5) is 14.7. The first-order chi connectivity index (χ1) is 16.0. The molecule has 5 rings (SSSR count). The molecule has 5 heteroatoms. The Balaban J connectivity index is 1.47. The number of hydrogen-bond acceptors (Lipinski definition) is 5. The molecule has 0 aliphatic carbocycles. The Kier molecular flexibility index (Phi) is 6.24. The number of ether oxygens (including phenoxy) is 1. The minimum absolute atomic E-state index is 0.356. The molecule has 0 spiro atoms. The van der Waals surface area contributed by atoms with Gasteiger partial charge in [0, 0.05) is 23.7 Å². The fourth-order valence-corrected chi connectivity index (χ4v) is 5.50. The molecule has 0 saturated carbocycles. The second-order valence-electron chi connectivity index (χ2n) is 9.88. The molecule has 3 aromatic rings. The van der Waals surface area contributed by atoms with Crippen LogP contribution in [0.5, 0.6) is 6.01 Å². The van der Waals surface area contributed by atoms with E-state index < -0.39 is 0 Å². The zero-order chi connectivity index (χ0) is 22.9. The summed E-state index contributed by atoms with van der Waals surface area (Å²) in [6.07, 6.45) is 4.44. The molecular formula is C28H36N4O. The molecule has 1 aromatic heterocycles. The number of fused-ring (bicyclic) bond motifs is 2. The van der Waals surface area contributed by atoms with Crippen molar-refractivity contribution in [3.05, 3.63) is 58.9 Å². The van der Waals surface area contributed by atoms with Gasteiger partial charge in [-0.1, -0.05) is 51.1 Å². The minimum Gasteiger partial charge on any atom is -0.462 e. The van der Waals surface area contributed by atoms with Crippen LogP contribution in [0.25, 0.3) is 10.8 Å². The van der Waals surface area contributed by atoms with Crippen LogP contribution in [0.2, 0.25) is 0 Å². The highest BCUT2D eigenvalue weighted by Gasteiger charge is 2.26. The number of aryl methyl sites for hydroxylation is 1. The van der Waals surface area contributed by atoms with Crippen molar-refractivity contribution in [3.8, 4) is 6.01 Å². The van der Waals surface area contributed by atoms with Gasteiger partial charge in [0.2, 0.25) is 0 Å². The Morgan fingerprint density at radius 3 is 2.64 bits per heavy atom. The van der Waals surface area contributed by atoms with E-state index in [0.29, 0.717) is 24.6 Å². The molecule has 1 atom stereocenters. The Morgan fingerprint density at radius 1 is 1.09 bits per heavy atom. The predicted molar refractivity (Wildman–Crippen MR) is 135 cm³/mol. The number of likely N-dealkylation sites (tertiary alicyclic amines) is 1. The average Bonchev–Trinajstić information content (AvgIpc) is 3.25. The van der Waals surface area contributed by atoms with Gasteiger partial charge in [0.1, 0.15) is 6.61 Å². The number of aromatic nitrogens is 2. The van der Waals surface area contributed by atoms with Gasteiger partial charge in [0.25, 0.3) is 0 Å². The lowest BCUT2D eigenvalue weighted by Crippen LogP contribution is -2.33. The van der Waals surface area contributed by atoms with Crippen LogP contribution in [0.4, 0.5) is 5.69 Å². The molecule has 3 heterocycles. The molecular weight excluding hydrogens is 408 g/mol. The van der Waals surface area contributed by atoms with E-state index in [1.165, 1.54) is 40.4 Å². The summed E-state index contributed by atoms with van der Waals surface area (Å²) < 4.78 is 6.18. The second kappa shape index (κ2) is 9.30. The van der Waals surface area contributed by atoms with Gasteiger partial charge in [-0.15, -0.1) is 0 Å². The molecule has 1 fully saturated rings. The van der Waals surface area contributed by atoms with Crippen molar-refractivity contribution in [1.82, 2.24) is 14.9 Å². The maximum Gasteiger partial charge on any atom is 0.316 e. The highest BCUT2D eigenvalue weighted by Crippen LogP contribution is 2.35. The first-order valence-electron chi connectivity index (χ1n) is 12.5. The van der Waals surface area contributed by atoms with E-state index >= 15 is 0 Å². The van der Waals surface area contributed by atoms with Gasteiger partial charge in [-0.05, 0) is 67.8 Å². The van der Waals surface area contributed by atoms with Crippen LogP contribution in [0.1, 0.15) is 62.0 Å². The zero-order valence-corrected chi connectivity index (χ0v) is 20.5. The monoisotopic (exact) mass is 444 g/mol. The maximum atomic E-state index is 6.18. The van der Waals surface area contributed by atoms with E-state index in [4.69, 9.17) is 14.7 Å². The third-order valence-electron chi connectivity index (χ3n) is 7.39. The van der Waals surface area contributed by atoms with Crippen molar-refractivity contribution in [2.45, 2.75) is 65.0 Å². The van der Waals surface area contributed by atoms with Crippen LogP contribution in [-0.4, -0.2) is 47.7 Å². The van der Waals surface area contributed by atoms with E-state index in [9.17, 15) is 0 Å². The fraction of sp³-hybridized carbons (Fsp3) is 0.500. The van der Waals surface area contributed by atoms with Crippen LogP contribution < -0.4 is 9.64 Å². The lowest BCUT2D eigenvalue weighted by atomic mass is 9.95. The van der Waals surface area contributed by atoms with Gasteiger partial charge in [0.15, 0.2) is 0 Å². The molecule has 2 aromatic carbocycles. The van der Waals surface area contributed by atoms with Crippen molar-refractivity contribution >= 4 is 16.5 Å². The molecule has 33 heavy (non-hydrogen) atoms. The molecule has 2 aliphatic heterocycles. The second-order valence-corrected chi connectivity index (χ2v) is 9.88. The van der Waals surface area contributed by atoms with Crippen LogP contribution in [0.3, 0.4) is 0 Å². The van der Waals surface area contributed by atoms with E-state index in [1.807, 2.05) is 0 Å². The topological polar surface area (TPSA) is 41.5 Å². The summed E-state index contributed by atoms with van der Waals surface area (Å²) in [5, 5.41) is 2.69. The summed E-state index contributed by atoms with van der Waals surface area (Å²) in [6.45, 7) is 10.3. The molecule has 5 nitrogen and oxygen atoms in total. The first kappa shape index (κ1) is 22.1.